The minimum atomic E-state index is -5.33. The van der Waals surface area contributed by atoms with Gasteiger partial charge >= 0.3 is 12.5 Å². The molecule has 0 aromatic carbocycles. The molecule has 0 radical (unpaired) electrons. The minimum Gasteiger partial charge on any atom is -0.404 e. The Morgan fingerprint density at radius 2 is 1.80 bits per heavy atom. The van der Waals surface area contributed by atoms with Crippen molar-refractivity contribution in [2.45, 2.75) is 18.4 Å². The molecule has 0 amide bonds. The van der Waals surface area contributed by atoms with Crippen LogP contribution in [0.1, 0.15) is 21.6 Å². The van der Waals surface area contributed by atoms with Crippen molar-refractivity contribution in [2.75, 3.05) is 0 Å². The predicted octanol–water partition coefficient (Wildman–Crippen LogP) is 4.12. The normalized spacial score (nSPS) is 12.4. The van der Waals surface area contributed by atoms with Gasteiger partial charge in [0.05, 0.1) is 11.4 Å². The summed E-state index contributed by atoms with van der Waals surface area (Å²) in [5.74, 6) is -2.42. The third-order valence-electron chi connectivity index (χ3n) is 1.96. The van der Waals surface area contributed by atoms with Crippen LogP contribution >= 0.6 is 23.2 Å². The summed E-state index contributed by atoms with van der Waals surface area (Å²) in [7, 11) is 0. The number of hydrogen-bond acceptors (Lipinski definition) is 3. The van der Waals surface area contributed by atoms with Crippen LogP contribution in [0.25, 0.3) is 0 Å². The second-order valence-corrected chi connectivity index (χ2v) is 3.89. The Morgan fingerprint density at radius 3 is 2.15 bits per heavy atom. The number of rotatable bonds is 3. The number of hydrogen-bond donors (Lipinski definition) is 0. The number of pyridine rings is 1. The van der Waals surface area contributed by atoms with E-state index in [0.717, 1.165) is 0 Å². The van der Waals surface area contributed by atoms with Gasteiger partial charge in [0.2, 0.25) is 0 Å². The molecule has 1 aromatic heterocycles. The van der Waals surface area contributed by atoms with Gasteiger partial charge in [0.15, 0.2) is 5.69 Å². The molecule has 20 heavy (non-hydrogen) atoms. The Bertz CT molecular complexity index is 528. The lowest BCUT2D eigenvalue weighted by molar-refractivity contribution is -0.275. The summed E-state index contributed by atoms with van der Waals surface area (Å²) in [6.45, 7) is 0. The highest BCUT2D eigenvalue weighted by Gasteiger charge is 2.41. The van der Waals surface area contributed by atoms with E-state index in [0.29, 0.717) is 0 Å². The minimum absolute atomic E-state index is 0.245. The maximum absolute atomic E-state index is 12.6. The van der Waals surface area contributed by atoms with E-state index < -0.39 is 46.2 Å². The number of aromatic nitrogens is 1. The van der Waals surface area contributed by atoms with E-state index in [9.17, 15) is 31.1 Å². The van der Waals surface area contributed by atoms with E-state index >= 15 is 0 Å². The molecule has 112 valence electrons. The first-order valence-corrected chi connectivity index (χ1v) is 5.49. The Balaban J connectivity index is 3.59. The van der Waals surface area contributed by atoms with Crippen LogP contribution in [-0.4, -0.2) is 16.6 Å². The zero-order chi connectivity index (χ0) is 15.7. The lowest BCUT2D eigenvalue weighted by Crippen LogP contribution is -2.22. The van der Waals surface area contributed by atoms with E-state index in [1.165, 1.54) is 0 Å². The molecule has 0 unspecified atom stereocenters. The molecule has 0 spiro atoms. The van der Waals surface area contributed by atoms with Gasteiger partial charge in [-0.3, -0.25) is 9.78 Å². The molecule has 0 saturated heterocycles. The van der Waals surface area contributed by atoms with Crippen molar-refractivity contribution in [1.82, 2.24) is 4.98 Å². The standard InChI is InChI=1S/C9H3Cl2F6NO2/c10-1-3-5(20-9(15,16)17)4(7(11)19)2-18-6(3)8(12,13)14/h2H,1H2. The first kappa shape index (κ1) is 16.8. The van der Waals surface area contributed by atoms with Crippen molar-refractivity contribution in [3.8, 4) is 5.75 Å². The molecule has 3 nitrogen and oxygen atoms in total. The molecule has 0 fully saturated rings. The van der Waals surface area contributed by atoms with Gasteiger partial charge in [0.25, 0.3) is 5.24 Å². The second-order valence-electron chi connectivity index (χ2n) is 3.28. The van der Waals surface area contributed by atoms with Crippen LogP contribution in [0, 0.1) is 0 Å². The van der Waals surface area contributed by atoms with Crippen molar-refractivity contribution < 1.29 is 35.9 Å². The quantitative estimate of drug-likeness (QED) is 0.471. The molecule has 1 rings (SSSR count). The Kier molecular flexibility index (Phi) is 4.75. The zero-order valence-electron chi connectivity index (χ0n) is 9.07. The van der Waals surface area contributed by atoms with Gasteiger partial charge in [-0.25, -0.2) is 0 Å². The van der Waals surface area contributed by atoms with Gasteiger partial charge in [-0.1, -0.05) is 0 Å². The fraction of sp³-hybridized carbons (Fsp3) is 0.333. The van der Waals surface area contributed by atoms with E-state index in [1.807, 2.05) is 0 Å². The summed E-state index contributed by atoms with van der Waals surface area (Å²) in [6, 6.07) is 0. The van der Waals surface area contributed by atoms with Gasteiger partial charge in [-0.15, -0.1) is 24.8 Å². The molecule has 0 bridgehead atoms. The molecular weight excluding hydrogens is 339 g/mol. The average molecular weight is 342 g/mol. The van der Waals surface area contributed by atoms with Gasteiger partial charge < -0.3 is 4.74 Å². The van der Waals surface area contributed by atoms with Gasteiger partial charge in [-0.05, 0) is 11.6 Å². The summed E-state index contributed by atoms with van der Waals surface area (Å²) in [5, 5.41) is -1.46. The largest absolute Gasteiger partial charge is 0.573 e. The number of alkyl halides is 7. The molecule has 0 aliphatic carbocycles. The molecule has 1 aromatic rings. The van der Waals surface area contributed by atoms with Crippen molar-refractivity contribution >= 4 is 28.4 Å². The lowest BCUT2D eigenvalue weighted by Gasteiger charge is -2.18. The van der Waals surface area contributed by atoms with Crippen LogP contribution in [0.2, 0.25) is 0 Å². The molecule has 0 aliphatic heterocycles. The molecular formula is C9H3Cl2F6NO2. The first-order valence-electron chi connectivity index (χ1n) is 4.58. The van der Waals surface area contributed by atoms with Gasteiger partial charge in [0, 0.05) is 11.8 Å². The average Bonchev–Trinajstić information content (AvgIpc) is 2.24. The Labute approximate surface area is 117 Å². The fourth-order valence-corrected chi connectivity index (χ4v) is 1.66. The van der Waals surface area contributed by atoms with Crippen molar-refractivity contribution in [3.05, 3.63) is 23.0 Å². The van der Waals surface area contributed by atoms with Crippen molar-refractivity contribution in [1.29, 1.82) is 0 Å². The van der Waals surface area contributed by atoms with Crippen LogP contribution in [0.4, 0.5) is 26.3 Å². The van der Waals surface area contributed by atoms with E-state index in [-0.39, 0.29) is 6.20 Å². The topological polar surface area (TPSA) is 39.2 Å². The number of carbonyl (C=O) groups is 1. The van der Waals surface area contributed by atoms with E-state index in [4.69, 9.17) is 23.2 Å². The monoisotopic (exact) mass is 341 g/mol. The molecule has 1 heterocycles. The summed E-state index contributed by atoms with van der Waals surface area (Å²) < 4.78 is 77.9. The molecule has 0 saturated carbocycles. The zero-order valence-corrected chi connectivity index (χ0v) is 10.6. The van der Waals surface area contributed by atoms with E-state index in [1.54, 1.807) is 0 Å². The summed E-state index contributed by atoms with van der Waals surface area (Å²) >= 11 is 10.2. The van der Waals surface area contributed by atoms with Crippen LogP contribution < -0.4 is 4.74 Å². The summed E-state index contributed by atoms with van der Waals surface area (Å²) in [6.07, 6.45) is -10.1. The Morgan fingerprint density at radius 1 is 1.25 bits per heavy atom. The molecule has 0 N–H and O–H groups in total. The lowest BCUT2D eigenvalue weighted by atomic mass is 10.1. The van der Waals surface area contributed by atoms with Crippen LogP contribution in [0.5, 0.6) is 5.75 Å². The molecule has 0 aliphatic rings. The second kappa shape index (κ2) is 5.65. The molecule has 11 heteroatoms. The summed E-state index contributed by atoms with van der Waals surface area (Å²) in [5.41, 5.74) is -3.77. The van der Waals surface area contributed by atoms with Crippen LogP contribution in [-0.2, 0) is 12.1 Å². The summed E-state index contributed by atoms with van der Waals surface area (Å²) in [4.78, 5) is 13.8. The fourth-order valence-electron chi connectivity index (χ4n) is 1.28. The SMILES string of the molecule is O=C(Cl)c1cnc(C(F)(F)F)c(CCl)c1OC(F)(F)F. The van der Waals surface area contributed by atoms with Gasteiger partial charge in [-0.2, -0.15) is 13.2 Å². The van der Waals surface area contributed by atoms with Crippen LogP contribution in [0.15, 0.2) is 6.20 Å². The van der Waals surface area contributed by atoms with Crippen molar-refractivity contribution in [2.24, 2.45) is 0 Å². The smallest absolute Gasteiger partial charge is 0.404 e. The third-order valence-corrected chi connectivity index (χ3v) is 2.43. The number of nitrogens with zero attached hydrogens (tertiary/aromatic N) is 1. The predicted molar refractivity (Wildman–Crippen MR) is 55.7 cm³/mol. The highest BCUT2D eigenvalue weighted by atomic mass is 35.5. The number of carbonyl (C=O) groups excluding carboxylic acids is 1. The maximum atomic E-state index is 12.6. The van der Waals surface area contributed by atoms with Gasteiger partial charge in [0.1, 0.15) is 5.75 Å². The number of ether oxygens (including phenoxy) is 1. The Hall–Kier alpha value is -1.22. The first-order chi connectivity index (χ1) is 8.97. The molecule has 0 atom stereocenters. The highest BCUT2D eigenvalue weighted by molar-refractivity contribution is 6.68. The third kappa shape index (κ3) is 3.89. The van der Waals surface area contributed by atoms with Crippen molar-refractivity contribution in [3.63, 3.8) is 0 Å². The number of halogens is 8. The van der Waals surface area contributed by atoms with E-state index in [2.05, 4.69) is 9.72 Å². The van der Waals surface area contributed by atoms with Crippen LogP contribution in [0.3, 0.4) is 0 Å². The maximum Gasteiger partial charge on any atom is 0.573 e. The highest BCUT2D eigenvalue weighted by Crippen LogP contribution is 2.39.